The number of ether oxygens (including phenoxy) is 7. The zero-order chi connectivity index (χ0) is 34.0. The van der Waals surface area contributed by atoms with Crippen LogP contribution in [0.3, 0.4) is 0 Å². The summed E-state index contributed by atoms with van der Waals surface area (Å²) < 4.78 is 43.0. The van der Waals surface area contributed by atoms with Gasteiger partial charge in [0, 0.05) is 21.9 Å². The maximum Gasteiger partial charge on any atom is 0.338 e. The lowest BCUT2D eigenvalue weighted by Gasteiger charge is -2.28. The summed E-state index contributed by atoms with van der Waals surface area (Å²) in [4.78, 5) is 17.2. The first kappa shape index (κ1) is 32.9. The van der Waals surface area contributed by atoms with Gasteiger partial charge in [-0.1, -0.05) is 41.5 Å². The number of rotatable bonds is 5. The van der Waals surface area contributed by atoms with Gasteiger partial charge in [0.2, 0.25) is 0 Å². The highest BCUT2D eigenvalue weighted by Crippen LogP contribution is 2.61. The smallest absolute Gasteiger partial charge is 0.338 e. The molecule has 256 valence electrons. The largest absolute Gasteiger partial charge is 0.507 e. The van der Waals surface area contributed by atoms with Crippen LogP contribution in [0.25, 0.3) is 19.5 Å². The average molecular weight is 713 g/mol. The summed E-state index contributed by atoms with van der Waals surface area (Å²) in [6, 6.07) is 3.48. The molecule has 12 heteroatoms. The average Bonchev–Trinajstić information content (AvgIpc) is 3.72. The highest BCUT2D eigenvalue weighted by molar-refractivity contribution is 7.27. The van der Waals surface area contributed by atoms with Crippen LogP contribution < -0.4 is 28.4 Å². The molecule has 0 spiro atoms. The highest BCUT2D eigenvalue weighted by atomic mass is 32.1. The molecule has 1 aromatic carbocycles. The van der Waals surface area contributed by atoms with Crippen molar-refractivity contribution in [2.75, 3.05) is 46.2 Å². The van der Waals surface area contributed by atoms with Crippen molar-refractivity contribution in [2.24, 2.45) is 5.41 Å². The number of carbonyl (C=O) groups is 1. The molecule has 4 aromatic rings. The Kier molecular flexibility index (Phi) is 8.27. The maximum absolute atomic E-state index is 13.6. The van der Waals surface area contributed by atoms with E-state index in [9.17, 15) is 9.90 Å². The van der Waals surface area contributed by atoms with E-state index in [0.29, 0.717) is 66.1 Å². The minimum absolute atomic E-state index is 0.0669. The molecule has 0 bridgehead atoms. The molecular formula is C36H40O9S3. The van der Waals surface area contributed by atoms with Crippen LogP contribution >= 0.6 is 34.0 Å². The molecule has 0 aliphatic carbocycles. The Morgan fingerprint density at radius 1 is 0.729 bits per heavy atom. The van der Waals surface area contributed by atoms with Gasteiger partial charge in [-0.25, -0.2) is 4.79 Å². The van der Waals surface area contributed by atoms with Gasteiger partial charge in [0.1, 0.15) is 52.0 Å². The number of fused-ring (bicyclic) bond motifs is 3. The third kappa shape index (κ3) is 5.96. The molecule has 7 rings (SSSR count). The molecule has 0 fully saturated rings. The standard InChI is InChI=1S/C36H40O9S3/c1-34(2,3)20-12-19(13-21(24(20)37)35(4,5)6)33(38)45-18-36(7)16-43-27-28(44-17-36)32(30-26-23(15-47-30)40-9-11-42-26)48-31(27)29-25-22(14-46-29)39-8-10-41-25/h12-15,37H,8-11,16-18H2,1-7H3. The van der Waals surface area contributed by atoms with Crippen molar-refractivity contribution in [3.63, 3.8) is 0 Å². The van der Waals surface area contributed by atoms with Crippen LogP contribution in [-0.4, -0.2) is 57.3 Å². The molecule has 0 amide bonds. The van der Waals surface area contributed by atoms with Gasteiger partial charge in [0.25, 0.3) is 0 Å². The number of carbonyl (C=O) groups excluding carboxylic acids is 1. The molecule has 0 saturated carbocycles. The lowest BCUT2D eigenvalue weighted by molar-refractivity contribution is 0.0102. The molecule has 3 aliphatic heterocycles. The SMILES string of the molecule is CC1(COC(=O)c2cc(C(C)(C)C)c(O)c(C(C)(C)C)c2)COc2c(-c3scc4c3OCCO4)sc(-c3scc4c3OCCO4)c2OC1. The van der Waals surface area contributed by atoms with Crippen LogP contribution in [-0.2, 0) is 15.6 Å². The van der Waals surface area contributed by atoms with E-state index in [0.717, 1.165) is 31.0 Å². The molecule has 3 aliphatic rings. The fraction of sp³-hybridized carbons (Fsp3) is 0.472. The van der Waals surface area contributed by atoms with Crippen molar-refractivity contribution in [1.82, 2.24) is 0 Å². The van der Waals surface area contributed by atoms with Crippen LogP contribution in [0, 0.1) is 5.41 Å². The van der Waals surface area contributed by atoms with Crippen LogP contribution in [0.1, 0.15) is 70.0 Å². The number of hydrogen-bond acceptors (Lipinski definition) is 12. The first-order valence-electron chi connectivity index (χ1n) is 16.0. The second-order valence-electron chi connectivity index (χ2n) is 14.7. The summed E-state index contributed by atoms with van der Waals surface area (Å²) in [6.07, 6.45) is 0. The third-order valence-electron chi connectivity index (χ3n) is 8.48. The number of benzene rings is 1. The number of thiophene rings is 3. The van der Waals surface area contributed by atoms with Gasteiger partial charge in [0.15, 0.2) is 34.5 Å². The summed E-state index contributed by atoms with van der Waals surface area (Å²) in [7, 11) is 0. The molecule has 9 nitrogen and oxygen atoms in total. The van der Waals surface area contributed by atoms with Crippen molar-refractivity contribution in [3.05, 3.63) is 39.6 Å². The van der Waals surface area contributed by atoms with E-state index in [4.69, 9.17) is 33.2 Å². The van der Waals surface area contributed by atoms with Crippen LogP contribution in [0.15, 0.2) is 22.9 Å². The molecule has 0 unspecified atom stereocenters. The number of esters is 1. The Hall–Kier alpha value is -3.61. The van der Waals surface area contributed by atoms with E-state index in [1.54, 1.807) is 46.1 Å². The van der Waals surface area contributed by atoms with Gasteiger partial charge >= 0.3 is 5.97 Å². The molecule has 1 N–H and O–H groups in total. The van der Waals surface area contributed by atoms with Gasteiger partial charge in [-0.3, -0.25) is 0 Å². The van der Waals surface area contributed by atoms with E-state index in [2.05, 4.69) is 0 Å². The lowest BCUT2D eigenvalue weighted by atomic mass is 9.78. The van der Waals surface area contributed by atoms with Gasteiger partial charge < -0.3 is 38.3 Å². The molecule has 0 radical (unpaired) electrons. The normalized spacial score (nSPS) is 16.7. The lowest BCUT2D eigenvalue weighted by Crippen LogP contribution is -2.36. The highest BCUT2D eigenvalue weighted by Gasteiger charge is 2.39. The third-order valence-corrected chi connectivity index (χ3v) is 11.8. The van der Waals surface area contributed by atoms with Crippen molar-refractivity contribution in [1.29, 1.82) is 0 Å². The fourth-order valence-electron chi connectivity index (χ4n) is 5.84. The van der Waals surface area contributed by atoms with E-state index < -0.39 is 11.4 Å². The fourth-order valence-corrected chi connectivity index (χ4v) is 9.17. The predicted octanol–water partition coefficient (Wildman–Crippen LogP) is 8.68. The summed E-state index contributed by atoms with van der Waals surface area (Å²) >= 11 is 4.64. The second-order valence-corrected chi connectivity index (χ2v) is 17.5. The maximum atomic E-state index is 13.6. The van der Waals surface area contributed by atoms with Crippen LogP contribution in [0.4, 0.5) is 0 Å². The minimum atomic E-state index is -0.666. The topological polar surface area (TPSA) is 102 Å². The van der Waals surface area contributed by atoms with Gasteiger partial charge in [-0.2, -0.15) is 0 Å². The summed E-state index contributed by atoms with van der Waals surface area (Å²) in [5, 5.41) is 15.1. The molecule has 3 aromatic heterocycles. The molecular weight excluding hydrogens is 673 g/mol. The molecule has 48 heavy (non-hydrogen) atoms. The number of hydrogen-bond donors (Lipinski definition) is 1. The molecule has 0 saturated heterocycles. The molecule has 6 heterocycles. The number of phenolic OH excluding ortho intramolecular Hbond substituents is 1. The van der Waals surface area contributed by atoms with Crippen molar-refractivity contribution in [2.45, 2.75) is 59.3 Å². The van der Waals surface area contributed by atoms with Crippen LogP contribution in [0.5, 0.6) is 40.2 Å². The van der Waals surface area contributed by atoms with Gasteiger partial charge in [0.05, 0.1) is 30.5 Å². The first-order valence-corrected chi connectivity index (χ1v) is 18.5. The second kappa shape index (κ2) is 12.1. The molecule has 0 atom stereocenters. The van der Waals surface area contributed by atoms with Crippen molar-refractivity contribution < 1.29 is 43.1 Å². The summed E-state index contributed by atoms with van der Waals surface area (Å²) in [5.74, 6) is 3.85. The Bertz CT molecular complexity index is 1750. The van der Waals surface area contributed by atoms with E-state index in [1.165, 1.54) is 0 Å². The minimum Gasteiger partial charge on any atom is -0.507 e. The zero-order valence-corrected chi connectivity index (χ0v) is 30.6. The Labute approximate surface area is 292 Å². The monoisotopic (exact) mass is 712 g/mol. The summed E-state index contributed by atoms with van der Waals surface area (Å²) in [6.45, 7) is 16.6. The number of aromatic hydroxyl groups is 1. The number of phenols is 1. The van der Waals surface area contributed by atoms with E-state index in [1.807, 2.05) is 59.2 Å². The quantitative estimate of drug-likeness (QED) is 0.204. The van der Waals surface area contributed by atoms with Gasteiger partial charge in [-0.05, 0) is 29.9 Å². The van der Waals surface area contributed by atoms with Crippen molar-refractivity contribution in [3.8, 4) is 59.8 Å². The van der Waals surface area contributed by atoms with E-state index >= 15 is 0 Å². The first-order chi connectivity index (χ1) is 22.7. The van der Waals surface area contributed by atoms with E-state index in [-0.39, 0.29) is 36.4 Å². The Morgan fingerprint density at radius 2 is 1.19 bits per heavy atom. The predicted molar refractivity (Wildman–Crippen MR) is 188 cm³/mol. The Balaban J connectivity index is 1.19. The zero-order valence-electron chi connectivity index (χ0n) is 28.2. The van der Waals surface area contributed by atoms with Crippen molar-refractivity contribution >= 4 is 40.0 Å². The van der Waals surface area contributed by atoms with Gasteiger partial charge in [-0.15, -0.1) is 34.0 Å². The summed E-state index contributed by atoms with van der Waals surface area (Å²) in [5.41, 5.74) is 0.391. The Morgan fingerprint density at radius 3 is 1.65 bits per heavy atom. The van der Waals surface area contributed by atoms with Crippen LogP contribution in [0.2, 0.25) is 0 Å².